The number of halogens is 1. The van der Waals surface area contributed by atoms with E-state index in [9.17, 15) is 4.39 Å². The van der Waals surface area contributed by atoms with Gasteiger partial charge in [0.25, 0.3) is 0 Å². The molecule has 0 spiro atoms. The second-order valence-corrected chi connectivity index (χ2v) is 3.76. The van der Waals surface area contributed by atoms with Crippen LogP contribution in [0.25, 0.3) is 0 Å². The Kier molecular flexibility index (Phi) is 2.12. The van der Waals surface area contributed by atoms with E-state index in [2.05, 4.69) is 4.90 Å². The van der Waals surface area contributed by atoms with Gasteiger partial charge in [0.2, 0.25) is 0 Å². The quantitative estimate of drug-likeness (QED) is 0.519. The molecule has 2 aliphatic heterocycles. The molecule has 0 bridgehead atoms. The van der Waals surface area contributed by atoms with Gasteiger partial charge in [-0.15, -0.1) is 0 Å². The SMILES string of the molecule is FC1CCCN2CCCCC12. The summed E-state index contributed by atoms with van der Waals surface area (Å²) in [5.41, 5.74) is 0. The second kappa shape index (κ2) is 3.10. The Morgan fingerprint density at radius 1 is 1.00 bits per heavy atom. The van der Waals surface area contributed by atoms with Gasteiger partial charge in [-0.05, 0) is 38.8 Å². The third-order valence-corrected chi connectivity index (χ3v) is 3.01. The molecule has 2 unspecified atom stereocenters. The van der Waals surface area contributed by atoms with Crippen LogP contribution in [0.2, 0.25) is 0 Å². The van der Waals surface area contributed by atoms with Crippen molar-refractivity contribution < 1.29 is 4.39 Å². The minimum absolute atomic E-state index is 0.289. The first-order valence-electron chi connectivity index (χ1n) is 4.76. The predicted molar refractivity (Wildman–Crippen MR) is 43.3 cm³/mol. The van der Waals surface area contributed by atoms with E-state index in [4.69, 9.17) is 0 Å². The molecular weight excluding hydrogens is 141 g/mol. The Labute approximate surface area is 67.6 Å². The van der Waals surface area contributed by atoms with Crippen LogP contribution in [0, 0.1) is 0 Å². The van der Waals surface area contributed by atoms with Crippen molar-refractivity contribution in [3.05, 3.63) is 0 Å². The van der Waals surface area contributed by atoms with E-state index < -0.39 is 6.17 Å². The maximum atomic E-state index is 13.3. The van der Waals surface area contributed by atoms with Crippen LogP contribution >= 0.6 is 0 Å². The van der Waals surface area contributed by atoms with Crippen LogP contribution in [0.4, 0.5) is 4.39 Å². The molecule has 2 rings (SSSR count). The van der Waals surface area contributed by atoms with Crippen molar-refractivity contribution in [2.45, 2.75) is 44.3 Å². The first-order chi connectivity index (χ1) is 5.38. The molecule has 0 N–H and O–H groups in total. The third-order valence-electron chi connectivity index (χ3n) is 3.01. The van der Waals surface area contributed by atoms with Crippen LogP contribution in [-0.4, -0.2) is 30.2 Å². The van der Waals surface area contributed by atoms with Crippen LogP contribution in [0.1, 0.15) is 32.1 Å². The Hall–Kier alpha value is -0.110. The highest BCUT2D eigenvalue weighted by Crippen LogP contribution is 2.27. The van der Waals surface area contributed by atoms with Gasteiger partial charge in [-0.25, -0.2) is 4.39 Å². The topological polar surface area (TPSA) is 3.24 Å². The highest BCUT2D eigenvalue weighted by atomic mass is 19.1. The number of fused-ring (bicyclic) bond motifs is 1. The lowest BCUT2D eigenvalue weighted by molar-refractivity contribution is 0.0384. The van der Waals surface area contributed by atoms with Crippen LogP contribution < -0.4 is 0 Å². The van der Waals surface area contributed by atoms with Gasteiger partial charge >= 0.3 is 0 Å². The lowest BCUT2D eigenvalue weighted by Gasteiger charge is -2.41. The largest absolute Gasteiger partial charge is 0.297 e. The molecule has 2 aliphatic rings. The third kappa shape index (κ3) is 1.41. The minimum Gasteiger partial charge on any atom is -0.297 e. The fourth-order valence-electron chi connectivity index (χ4n) is 2.39. The number of alkyl halides is 1. The van der Waals surface area contributed by atoms with Crippen molar-refractivity contribution in [3.8, 4) is 0 Å². The van der Waals surface area contributed by atoms with E-state index in [1.807, 2.05) is 0 Å². The molecule has 2 fully saturated rings. The standard InChI is InChI=1S/C9H16FN/c10-8-4-3-7-11-6-2-1-5-9(8)11/h8-9H,1-7H2. The zero-order chi connectivity index (χ0) is 7.68. The predicted octanol–water partition coefficient (Wildman–Crippen LogP) is 1.97. The van der Waals surface area contributed by atoms with Gasteiger partial charge in [-0.3, -0.25) is 4.90 Å². The summed E-state index contributed by atoms with van der Waals surface area (Å²) in [7, 11) is 0. The molecule has 0 aromatic heterocycles. The van der Waals surface area contributed by atoms with Gasteiger partial charge in [0.05, 0.1) is 0 Å². The molecular formula is C9H16FN. The number of hydrogen-bond acceptors (Lipinski definition) is 1. The summed E-state index contributed by atoms with van der Waals surface area (Å²) in [4.78, 5) is 2.34. The van der Waals surface area contributed by atoms with E-state index in [1.165, 1.54) is 12.8 Å². The Bertz CT molecular complexity index is 136. The summed E-state index contributed by atoms with van der Waals surface area (Å²) in [6, 6.07) is 0.289. The van der Waals surface area contributed by atoms with Crippen molar-refractivity contribution in [1.29, 1.82) is 0 Å². The van der Waals surface area contributed by atoms with Gasteiger partial charge in [0, 0.05) is 6.04 Å². The second-order valence-electron chi connectivity index (χ2n) is 3.76. The molecule has 1 nitrogen and oxygen atoms in total. The molecule has 64 valence electrons. The minimum atomic E-state index is -0.524. The number of rotatable bonds is 0. The first kappa shape index (κ1) is 7.53. The van der Waals surface area contributed by atoms with E-state index in [0.717, 1.165) is 32.4 Å². The normalized spacial score (nSPS) is 40.1. The van der Waals surface area contributed by atoms with Crippen molar-refractivity contribution in [3.63, 3.8) is 0 Å². The fraction of sp³-hybridized carbons (Fsp3) is 1.00. The van der Waals surface area contributed by atoms with Gasteiger partial charge in [-0.1, -0.05) is 6.42 Å². The molecule has 0 aromatic carbocycles. The Balaban J connectivity index is 1.99. The van der Waals surface area contributed by atoms with Crippen LogP contribution in [0.5, 0.6) is 0 Å². The Morgan fingerprint density at radius 2 is 1.82 bits per heavy atom. The molecule has 2 heteroatoms. The molecule has 0 amide bonds. The molecule has 11 heavy (non-hydrogen) atoms. The number of hydrogen-bond donors (Lipinski definition) is 0. The van der Waals surface area contributed by atoms with Crippen LogP contribution in [0.3, 0.4) is 0 Å². The van der Waals surface area contributed by atoms with Crippen molar-refractivity contribution in [2.75, 3.05) is 13.1 Å². The zero-order valence-corrected chi connectivity index (χ0v) is 6.93. The first-order valence-corrected chi connectivity index (χ1v) is 4.76. The van der Waals surface area contributed by atoms with Crippen molar-refractivity contribution >= 4 is 0 Å². The average Bonchev–Trinajstić information content (AvgIpc) is 2.06. The molecule has 2 atom stereocenters. The summed E-state index contributed by atoms with van der Waals surface area (Å²) in [6.45, 7) is 2.29. The molecule has 2 saturated heterocycles. The summed E-state index contributed by atoms with van der Waals surface area (Å²) in [5, 5.41) is 0. The van der Waals surface area contributed by atoms with Gasteiger partial charge in [0.15, 0.2) is 0 Å². The molecule has 0 aliphatic carbocycles. The number of nitrogens with zero attached hydrogens (tertiary/aromatic N) is 1. The smallest absolute Gasteiger partial charge is 0.116 e. The van der Waals surface area contributed by atoms with Crippen LogP contribution in [-0.2, 0) is 0 Å². The van der Waals surface area contributed by atoms with Crippen molar-refractivity contribution in [2.24, 2.45) is 0 Å². The van der Waals surface area contributed by atoms with Gasteiger partial charge in [-0.2, -0.15) is 0 Å². The van der Waals surface area contributed by atoms with E-state index in [-0.39, 0.29) is 6.04 Å². The lowest BCUT2D eigenvalue weighted by atomic mass is 9.92. The van der Waals surface area contributed by atoms with Crippen molar-refractivity contribution in [1.82, 2.24) is 4.90 Å². The molecule has 0 radical (unpaired) electrons. The summed E-state index contributed by atoms with van der Waals surface area (Å²) in [6.07, 6.45) is 4.97. The van der Waals surface area contributed by atoms with E-state index in [1.54, 1.807) is 0 Å². The summed E-state index contributed by atoms with van der Waals surface area (Å²) >= 11 is 0. The Morgan fingerprint density at radius 3 is 2.64 bits per heavy atom. The van der Waals surface area contributed by atoms with Gasteiger partial charge in [0.1, 0.15) is 6.17 Å². The maximum absolute atomic E-state index is 13.3. The van der Waals surface area contributed by atoms with E-state index >= 15 is 0 Å². The fourth-order valence-corrected chi connectivity index (χ4v) is 2.39. The highest BCUT2D eigenvalue weighted by Gasteiger charge is 2.32. The number of piperidine rings is 2. The lowest BCUT2D eigenvalue weighted by Crippen LogP contribution is -2.48. The maximum Gasteiger partial charge on any atom is 0.116 e. The monoisotopic (exact) mass is 157 g/mol. The van der Waals surface area contributed by atoms with Gasteiger partial charge < -0.3 is 0 Å². The van der Waals surface area contributed by atoms with E-state index in [0.29, 0.717) is 0 Å². The molecule has 0 saturated carbocycles. The molecule has 0 aromatic rings. The summed E-state index contributed by atoms with van der Waals surface area (Å²) in [5.74, 6) is 0. The summed E-state index contributed by atoms with van der Waals surface area (Å²) < 4.78 is 13.3. The zero-order valence-electron chi connectivity index (χ0n) is 6.93. The average molecular weight is 157 g/mol. The molecule has 2 heterocycles. The highest BCUT2D eigenvalue weighted by molar-refractivity contribution is 4.86. The van der Waals surface area contributed by atoms with Crippen LogP contribution in [0.15, 0.2) is 0 Å².